The van der Waals surface area contributed by atoms with Crippen LogP contribution in [0.5, 0.6) is 5.88 Å². The minimum Gasteiger partial charge on any atom is -0.391 e. The molecule has 0 fully saturated rings. The number of nitrogens with zero attached hydrogens (tertiary/aromatic N) is 3. The van der Waals surface area contributed by atoms with E-state index in [9.17, 15) is 13.2 Å². The number of nitrogens with two attached hydrogens (primary N) is 2. The van der Waals surface area contributed by atoms with E-state index in [1.54, 1.807) is 37.4 Å². The molecule has 12 heteroatoms. The number of aryl methyl sites for hydroxylation is 1. The third kappa shape index (κ3) is 5.30. The number of primary sulfonamides is 1. The lowest BCUT2D eigenvalue weighted by atomic mass is 10.1. The van der Waals surface area contributed by atoms with Gasteiger partial charge in [0.1, 0.15) is 0 Å². The van der Waals surface area contributed by atoms with Crippen LogP contribution in [0.2, 0.25) is 0 Å². The van der Waals surface area contributed by atoms with E-state index in [0.717, 1.165) is 15.6 Å². The minimum atomic E-state index is -3.76. The number of sulfonamides is 1. The van der Waals surface area contributed by atoms with Gasteiger partial charge in [0.15, 0.2) is 5.65 Å². The number of hydrogen-bond donors (Lipinski definition) is 3. The van der Waals surface area contributed by atoms with Gasteiger partial charge in [-0.2, -0.15) is 9.97 Å². The molecule has 0 atom stereocenters. The molecule has 0 radical (unpaired) electrons. The van der Waals surface area contributed by atoms with Gasteiger partial charge in [0.05, 0.1) is 5.75 Å². The highest BCUT2D eigenvalue weighted by molar-refractivity contribution is 9.10. The summed E-state index contributed by atoms with van der Waals surface area (Å²) in [7, 11) is -3.76. The predicted octanol–water partition coefficient (Wildman–Crippen LogP) is 3.75. The van der Waals surface area contributed by atoms with Gasteiger partial charge < -0.3 is 15.8 Å². The van der Waals surface area contributed by atoms with Gasteiger partial charge in [-0.15, -0.1) is 0 Å². The van der Waals surface area contributed by atoms with Crippen LogP contribution in [-0.2, 0) is 15.8 Å². The molecule has 0 spiro atoms. The number of hydrogen-bond acceptors (Lipinski definition) is 8. The first-order valence-electron chi connectivity index (χ1n) is 9.86. The largest absolute Gasteiger partial charge is 0.411 e. The molecule has 10 nitrogen and oxygen atoms in total. The number of aromatic nitrogens is 3. The van der Waals surface area contributed by atoms with Crippen LogP contribution in [0.4, 0.5) is 16.4 Å². The van der Waals surface area contributed by atoms with Crippen molar-refractivity contribution < 1.29 is 17.9 Å². The highest BCUT2D eigenvalue weighted by atomic mass is 79.9. The van der Waals surface area contributed by atoms with Gasteiger partial charge in [-0.3, -0.25) is 0 Å². The normalized spacial score (nSPS) is 11.4. The van der Waals surface area contributed by atoms with Crippen molar-refractivity contribution >= 4 is 54.7 Å². The number of carbonyl (C=O) groups excluding carboxylic acids is 1. The van der Waals surface area contributed by atoms with Gasteiger partial charge in [0.2, 0.25) is 21.9 Å². The summed E-state index contributed by atoms with van der Waals surface area (Å²) in [6.45, 7) is 1.78. The number of primary amides is 1. The lowest BCUT2D eigenvalue weighted by Gasteiger charge is -2.14. The molecule has 4 rings (SSSR count). The first-order valence-corrected chi connectivity index (χ1v) is 12.4. The monoisotopic (exact) mass is 542 g/mol. The van der Waals surface area contributed by atoms with E-state index in [1.807, 2.05) is 24.3 Å². The summed E-state index contributed by atoms with van der Waals surface area (Å²) in [6.07, 6.45) is 0.543. The Bertz CT molecular complexity index is 1530. The lowest BCUT2D eigenvalue weighted by molar-refractivity contribution is 0.209. The van der Waals surface area contributed by atoms with Crippen molar-refractivity contribution in [3.8, 4) is 17.0 Å². The SMILES string of the molecule is Cc1cccc(Nc2ncc3cc(-c4ccccc4Br)c(OC(N)=O)nc3n2)c1CS(N)(=O)=O. The Morgan fingerprint density at radius 1 is 1.12 bits per heavy atom. The molecule has 5 N–H and O–H groups in total. The van der Waals surface area contributed by atoms with Gasteiger partial charge in [0, 0.05) is 32.9 Å². The van der Waals surface area contributed by atoms with E-state index in [1.165, 1.54) is 0 Å². The van der Waals surface area contributed by atoms with Crippen molar-refractivity contribution in [2.24, 2.45) is 10.9 Å². The van der Waals surface area contributed by atoms with Crippen LogP contribution in [-0.4, -0.2) is 29.5 Å². The molecule has 2 aromatic heterocycles. The average molecular weight is 543 g/mol. The van der Waals surface area contributed by atoms with Crippen LogP contribution in [0.1, 0.15) is 11.1 Å². The molecular weight excluding hydrogens is 524 g/mol. The number of benzene rings is 2. The number of pyridine rings is 1. The first-order chi connectivity index (χ1) is 16.1. The van der Waals surface area contributed by atoms with Crippen LogP contribution in [0.25, 0.3) is 22.2 Å². The van der Waals surface area contributed by atoms with Gasteiger partial charge in [-0.05, 0) is 36.2 Å². The number of fused-ring (bicyclic) bond motifs is 1. The maximum Gasteiger partial charge on any atom is 0.411 e. The second-order valence-corrected chi connectivity index (χ2v) is 9.85. The molecule has 174 valence electrons. The molecule has 0 saturated heterocycles. The highest BCUT2D eigenvalue weighted by Crippen LogP contribution is 2.36. The summed E-state index contributed by atoms with van der Waals surface area (Å²) in [5.41, 5.74) is 8.49. The molecule has 1 amide bonds. The zero-order valence-electron chi connectivity index (χ0n) is 17.8. The van der Waals surface area contributed by atoms with Crippen molar-refractivity contribution in [1.29, 1.82) is 0 Å². The van der Waals surface area contributed by atoms with Crippen molar-refractivity contribution in [1.82, 2.24) is 15.0 Å². The summed E-state index contributed by atoms with van der Waals surface area (Å²) in [6, 6.07) is 14.4. The maximum atomic E-state index is 11.7. The fourth-order valence-corrected chi connectivity index (χ4v) is 4.67. The van der Waals surface area contributed by atoms with Gasteiger partial charge >= 0.3 is 6.09 Å². The Morgan fingerprint density at radius 2 is 1.88 bits per heavy atom. The van der Waals surface area contributed by atoms with Crippen LogP contribution in [0.3, 0.4) is 0 Å². The van der Waals surface area contributed by atoms with Crippen LogP contribution in [0.15, 0.2) is 59.2 Å². The third-order valence-corrected chi connectivity index (χ3v) is 6.28. The Hall–Kier alpha value is -3.61. The average Bonchev–Trinajstić information content (AvgIpc) is 2.75. The number of halogens is 1. The zero-order chi connectivity index (χ0) is 24.5. The second kappa shape index (κ2) is 9.33. The fraction of sp³-hybridized carbons (Fsp3) is 0.0909. The predicted molar refractivity (Wildman–Crippen MR) is 132 cm³/mol. The van der Waals surface area contributed by atoms with Gasteiger partial charge in [0.25, 0.3) is 0 Å². The Kier molecular flexibility index (Phi) is 6.46. The molecule has 0 bridgehead atoms. The summed E-state index contributed by atoms with van der Waals surface area (Å²) in [4.78, 5) is 24.6. The number of anilines is 2. The van der Waals surface area contributed by atoms with E-state index >= 15 is 0 Å². The molecule has 0 aliphatic rings. The Labute approximate surface area is 203 Å². The van der Waals surface area contributed by atoms with Crippen LogP contribution >= 0.6 is 15.9 Å². The number of nitrogens with one attached hydrogen (secondary N) is 1. The lowest BCUT2D eigenvalue weighted by Crippen LogP contribution is -2.17. The van der Waals surface area contributed by atoms with Crippen molar-refractivity contribution in [2.45, 2.75) is 12.7 Å². The van der Waals surface area contributed by atoms with E-state index in [-0.39, 0.29) is 23.2 Å². The first kappa shape index (κ1) is 23.5. The Morgan fingerprint density at radius 3 is 2.59 bits per heavy atom. The molecule has 0 aliphatic heterocycles. The highest BCUT2D eigenvalue weighted by Gasteiger charge is 2.17. The molecule has 4 aromatic rings. The quantitative estimate of drug-likeness (QED) is 0.331. The minimum absolute atomic E-state index is 0.0120. The summed E-state index contributed by atoms with van der Waals surface area (Å²) in [5.74, 6) is -0.193. The fourth-order valence-electron chi connectivity index (χ4n) is 3.39. The molecule has 0 aliphatic carbocycles. The maximum absolute atomic E-state index is 11.7. The van der Waals surface area contributed by atoms with Crippen LogP contribution < -0.4 is 20.9 Å². The van der Waals surface area contributed by atoms with Crippen LogP contribution in [0, 0.1) is 6.92 Å². The number of amides is 1. The van der Waals surface area contributed by atoms with E-state index in [0.29, 0.717) is 22.2 Å². The van der Waals surface area contributed by atoms with Crippen molar-refractivity contribution in [2.75, 3.05) is 5.32 Å². The molecule has 2 aromatic carbocycles. The molecule has 2 heterocycles. The van der Waals surface area contributed by atoms with E-state index < -0.39 is 16.1 Å². The molecule has 0 unspecified atom stereocenters. The zero-order valence-corrected chi connectivity index (χ0v) is 20.2. The second-order valence-electron chi connectivity index (χ2n) is 7.38. The smallest absolute Gasteiger partial charge is 0.391 e. The van der Waals surface area contributed by atoms with E-state index in [4.69, 9.17) is 15.6 Å². The van der Waals surface area contributed by atoms with E-state index in [2.05, 4.69) is 36.2 Å². The number of rotatable bonds is 6. The Balaban J connectivity index is 1.79. The summed E-state index contributed by atoms with van der Waals surface area (Å²) >= 11 is 3.49. The summed E-state index contributed by atoms with van der Waals surface area (Å²) in [5, 5.41) is 8.86. The molecular formula is C22H19BrN6O4S. The summed E-state index contributed by atoms with van der Waals surface area (Å²) < 4.78 is 29.3. The number of carbonyl (C=O) groups is 1. The third-order valence-electron chi connectivity index (χ3n) is 4.90. The number of ether oxygens (including phenoxy) is 1. The molecule has 0 saturated carbocycles. The van der Waals surface area contributed by atoms with Crippen molar-refractivity contribution in [3.63, 3.8) is 0 Å². The van der Waals surface area contributed by atoms with Gasteiger partial charge in [-0.1, -0.05) is 46.3 Å². The van der Waals surface area contributed by atoms with Crippen molar-refractivity contribution in [3.05, 3.63) is 70.3 Å². The topological polar surface area (TPSA) is 163 Å². The standard InChI is InChI=1S/C22H19BrN6O4S/c1-12-5-4-8-18(16(12)11-34(25,31)32)27-22-26-10-13-9-15(14-6-2-3-7-17(14)23)20(33-21(24)30)28-19(13)29-22/h2-10H,11H2,1H3,(H2,24,30)(H2,25,31,32)(H,26,27,28,29). The molecule has 34 heavy (non-hydrogen) atoms. The van der Waals surface area contributed by atoms with Gasteiger partial charge in [-0.25, -0.2) is 23.3 Å².